The molecule has 0 aromatic heterocycles. The number of ether oxygens (including phenoxy) is 1. The number of hydrogen-bond acceptors (Lipinski definition) is 3. The van der Waals surface area contributed by atoms with Crippen LogP contribution >= 0.6 is 0 Å². The van der Waals surface area contributed by atoms with Crippen molar-refractivity contribution in [3.8, 4) is 0 Å². The van der Waals surface area contributed by atoms with Crippen LogP contribution in [0.1, 0.15) is 47.0 Å². The Bertz CT molecular complexity index is 191. The zero-order valence-corrected chi connectivity index (χ0v) is 12.0. The van der Waals surface area contributed by atoms with E-state index in [1.54, 1.807) is 0 Å². The van der Waals surface area contributed by atoms with E-state index in [-0.39, 0.29) is 0 Å². The molecule has 0 spiro atoms. The van der Waals surface area contributed by atoms with E-state index in [2.05, 4.69) is 37.9 Å². The topological polar surface area (TPSA) is 24.5 Å². The van der Waals surface area contributed by atoms with Crippen LogP contribution in [0.5, 0.6) is 0 Å². The van der Waals surface area contributed by atoms with Gasteiger partial charge in [0.15, 0.2) is 0 Å². The molecule has 1 fully saturated rings. The highest BCUT2D eigenvalue weighted by Gasteiger charge is 2.26. The van der Waals surface area contributed by atoms with E-state index in [1.165, 1.54) is 32.4 Å². The molecule has 0 aliphatic carbocycles. The summed E-state index contributed by atoms with van der Waals surface area (Å²) in [4.78, 5) is 2.62. The van der Waals surface area contributed by atoms with Gasteiger partial charge in [-0.05, 0) is 39.7 Å². The Hall–Kier alpha value is -0.120. The lowest BCUT2D eigenvalue weighted by Gasteiger charge is -2.39. The Morgan fingerprint density at radius 2 is 1.88 bits per heavy atom. The van der Waals surface area contributed by atoms with E-state index >= 15 is 0 Å². The largest absolute Gasteiger partial charge is 0.378 e. The number of likely N-dealkylation sites (tertiary alicyclic amines) is 1. The van der Waals surface area contributed by atoms with Crippen molar-refractivity contribution in [2.75, 3.05) is 26.2 Å². The minimum atomic E-state index is 0.502. The molecule has 0 amide bonds. The molecule has 17 heavy (non-hydrogen) atoms. The first-order valence-electron chi connectivity index (χ1n) is 7.31. The van der Waals surface area contributed by atoms with E-state index < -0.39 is 0 Å². The van der Waals surface area contributed by atoms with Gasteiger partial charge in [-0.25, -0.2) is 0 Å². The standard InChI is InChI=1S/C14H30N2O/c1-5-14(15-6-2)12(4)16-10-8-13(9-11-16)17-7-3/h12-15H,5-11H2,1-4H3. The third-order valence-corrected chi connectivity index (χ3v) is 3.94. The predicted molar refractivity (Wildman–Crippen MR) is 73.4 cm³/mol. The molecule has 3 nitrogen and oxygen atoms in total. The Morgan fingerprint density at radius 1 is 1.24 bits per heavy atom. The van der Waals surface area contributed by atoms with Crippen LogP contribution in [0.25, 0.3) is 0 Å². The fourth-order valence-corrected chi connectivity index (χ4v) is 2.86. The second-order valence-corrected chi connectivity index (χ2v) is 5.00. The van der Waals surface area contributed by atoms with Crippen molar-refractivity contribution in [1.29, 1.82) is 0 Å². The summed E-state index contributed by atoms with van der Waals surface area (Å²) in [5, 5.41) is 3.59. The average Bonchev–Trinajstić information content (AvgIpc) is 2.36. The van der Waals surface area contributed by atoms with Gasteiger partial charge in [-0.2, -0.15) is 0 Å². The van der Waals surface area contributed by atoms with Crippen LogP contribution in [0.3, 0.4) is 0 Å². The molecular formula is C14H30N2O. The zero-order valence-electron chi connectivity index (χ0n) is 12.0. The molecule has 2 atom stereocenters. The van der Waals surface area contributed by atoms with E-state index in [0.29, 0.717) is 18.2 Å². The smallest absolute Gasteiger partial charge is 0.0599 e. The molecule has 0 bridgehead atoms. The van der Waals surface area contributed by atoms with Gasteiger partial charge in [0.25, 0.3) is 0 Å². The molecule has 2 unspecified atom stereocenters. The number of rotatable bonds is 7. The summed E-state index contributed by atoms with van der Waals surface area (Å²) in [6, 6.07) is 1.27. The van der Waals surface area contributed by atoms with Gasteiger partial charge >= 0.3 is 0 Å². The lowest BCUT2D eigenvalue weighted by Crippen LogP contribution is -2.51. The second-order valence-electron chi connectivity index (χ2n) is 5.00. The summed E-state index contributed by atoms with van der Waals surface area (Å²) in [7, 11) is 0. The molecule has 0 radical (unpaired) electrons. The van der Waals surface area contributed by atoms with E-state index in [0.717, 1.165) is 13.2 Å². The lowest BCUT2D eigenvalue weighted by molar-refractivity contribution is 0.00157. The monoisotopic (exact) mass is 242 g/mol. The second kappa shape index (κ2) is 8.06. The van der Waals surface area contributed by atoms with Crippen LogP contribution < -0.4 is 5.32 Å². The SMILES string of the molecule is CCNC(CC)C(C)N1CCC(OCC)CC1. The van der Waals surface area contributed by atoms with E-state index in [1.807, 2.05) is 0 Å². The molecule has 1 rings (SSSR count). The van der Waals surface area contributed by atoms with Gasteiger partial charge in [0.2, 0.25) is 0 Å². The van der Waals surface area contributed by atoms with Gasteiger partial charge in [0.05, 0.1) is 6.10 Å². The van der Waals surface area contributed by atoms with Crippen LogP contribution in [-0.4, -0.2) is 49.3 Å². The highest BCUT2D eigenvalue weighted by atomic mass is 16.5. The van der Waals surface area contributed by atoms with E-state index in [9.17, 15) is 0 Å². The third kappa shape index (κ3) is 4.57. The molecule has 1 aliphatic heterocycles. The Morgan fingerprint density at radius 3 is 2.35 bits per heavy atom. The van der Waals surface area contributed by atoms with Gasteiger partial charge in [0.1, 0.15) is 0 Å². The fourth-order valence-electron chi connectivity index (χ4n) is 2.86. The summed E-state index contributed by atoms with van der Waals surface area (Å²) in [6.45, 7) is 13.2. The van der Waals surface area contributed by atoms with Gasteiger partial charge < -0.3 is 10.1 Å². The van der Waals surface area contributed by atoms with E-state index in [4.69, 9.17) is 4.74 Å². The van der Waals surface area contributed by atoms with Crippen molar-refractivity contribution in [1.82, 2.24) is 10.2 Å². The molecule has 1 heterocycles. The molecule has 1 N–H and O–H groups in total. The Kier molecular flexibility index (Phi) is 7.09. The van der Waals surface area contributed by atoms with Crippen molar-refractivity contribution in [3.63, 3.8) is 0 Å². The molecular weight excluding hydrogens is 212 g/mol. The van der Waals surface area contributed by atoms with Gasteiger partial charge in [-0.15, -0.1) is 0 Å². The maximum atomic E-state index is 5.70. The highest BCUT2D eigenvalue weighted by molar-refractivity contribution is 4.83. The molecule has 1 saturated heterocycles. The third-order valence-electron chi connectivity index (χ3n) is 3.94. The Labute approximate surface area is 107 Å². The summed E-state index contributed by atoms with van der Waals surface area (Å²) < 4.78 is 5.70. The molecule has 0 aromatic carbocycles. The highest BCUT2D eigenvalue weighted by Crippen LogP contribution is 2.18. The number of nitrogens with one attached hydrogen (secondary N) is 1. The lowest BCUT2D eigenvalue weighted by atomic mass is 10.0. The first-order valence-corrected chi connectivity index (χ1v) is 7.31. The van der Waals surface area contributed by atoms with Crippen LogP contribution in [0.15, 0.2) is 0 Å². The number of piperidine rings is 1. The maximum absolute atomic E-state index is 5.70. The van der Waals surface area contributed by atoms with Crippen molar-refractivity contribution < 1.29 is 4.74 Å². The number of hydrogen-bond donors (Lipinski definition) is 1. The molecule has 3 heteroatoms. The number of likely N-dealkylation sites (N-methyl/N-ethyl adjacent to an activating group) is 1. The number of nitrogens with zero attached hydrogens (tertiary/aromatic N) is 1. The zero-order chi connectivity index (χ0) is 12.7. The van der Waals surface area contributed by atoms with Crippen LogP contribution in [0.2, 0.25) is 0 Å². The quantitative estimate of drug-likeness (QED) is 0.741. The van der Waals surface area contributed by atoms with Crippen LogP contribution in [0.4, 0.5) is 0 Å². The van der Waals surface area contributed by atoms with Gasteiger partial charge in [0, 0.05) is 31.8 Å². The minimum absolute atomic E-state index is 0.502. The first kappa shape index (κ1) is 14.9. The van der Waals surface area contributed by atoms with Gasteiger partial charge in [-0.1, -0.05) is 13.8 Å². The average molecular weight is 242 g/mol. The van der Waals surface area contributed by atoms with Crippen LogP contribution in [0, 0.1) is 0 Å². The van der Waals surface area contributed by atoms with Crippen molar-refractivity contribution in [3.05, 3.63) is 0 Å². The molecule has 1 aliphatic rings. The van der Waals surface area contributed by atoms with Crippen LogP contribution in [-0.2, 0) is 4.74 Å². The van der Waals surface area contributed by atoms with Crippen molar-refractivity contribution in [2.24, 2.45) is 0 Å². The maximum Gasteiger partial charge on any atom is 0.0599 e. The Balaban J connectivity index is 2.36. The van der Waals surface area contributed by atoms with Gasteiger partial charge in [-0.3, -0.25) is 4.90 Å². The predicted octanol–water partition coefficient (Wildman–Crippen LogP) is 2.26. The van der Waals surface area contributed by atoms with Crippen molar-refractivity contribution >= 4 is 0 Å². The summed E-state index contributed by atoms with van der Waals surface area (Å²) in [5.41, 5.74) is 0. The normalized spacial score (nSPS) is 22.6. The molecule has 0 saturated carbocycles. The molecule has 0 aromatic rings. The first-order chi connectivity index (χ1) is 8.22. The minimum Gasteiger partial charge on any atom is -0.378 e. The summed E-state index contributed by atoms with van der Waals surface area (Å²) >= 11 is 0. The molecule has 102 valence electrons. The summed E-state index contributed by atoms with van der Waals surface area (Å²) in [5.74, 6) is 0. The summed E-state index contributed by atoms with van der Waals surface area (Å²) in [6.07, 6.45) is 4.10. The van der Waals surface area contributed by atoms with Crippen molar-refractivity contribution in [2.45, 2.75) is 65.1 Å². The fraction of sp³-hybridized carbons (Fsp3) is 1.00.